The van der Waals surface area contributed by atoms with Crippen LogP contribution in [0.4, 0.5) is 8.78 Å². The van der Waals surface area contributed by atoms with E-state index in [2.05, 4.69) is 5.32 Å². The minimum atomic E-state index is -2.98. The monoisotopic (exact) mass is 1300 g/mol. The molecule has 14 atom stereocenters. The van der Waals surface area contributed by atoms with Crippen LogP contribution in [0.5, 0.6) is 0 Å². The van der Waals surface area contributed by atoms with E-state index in [-0.39, 0.29) is 75.8 Å². The highest BCUT2D eigenvalue weighted by Gasteiger charge is 2.47. The second kappa shape index (κ2) is 36.3. The third kappa shape index (κ3) is 21.9. The Bertz CT molecular complexity index is 2580. The van der Waals surface area contributed by atoms with E-state index in [1.807, 2.05) is 41.5 Å². The van der Waals surface area contributed by atoms with Crippen LogP contribution < -0.4 is 5.32 Å². The molecule has 2 rings (SSSR count). The summed E-state index contributed by atoms with van der Waals surface area (Å²) in [5, 5.41) is 15.0. The molecule has 2 aliphatic heterocycles. The van der Waals surface area contributed by atoms with Gasteiger partial charge in [-0.3, -0.25) is 57.6 Å². The number of rotatable bonds is 16. The lowest BCUT2D eigenvalue weighted by Crippen LogP contribution is -2.63. The molecule has 2 saturated heterocycles. The Morgan fingerprint density at radius 1 is 0.533 bits per heavy atom. The van der Waals surface area contributed by atoms with Gasteiger partial charge in [0.2, 0.25) is 47.3 Å². The molecule has 0 bridgehead atoms. The fraction of sp³-hybridized carbons (Fsp3) is 0.812. The molecule has 2 aliphatic rings. The molecule has 0 aromatic heterocycles. The van der Waals surface area contributed by atoms with E-state index >= 15 is 19.2 Å². The van der Waals surface area contributed by atoms with E-state index in [1.54, 1.807) is 81.4 Å². The highest BCUT2D eigenvalue weighted by Crippen LogP contribution is 2.32. The van der Waals surface area contributed by atoms with Crippen LogP contribution in [0.15, 0.2) is 12.2 Å². The summed E-state index contributed by atoms with van der Waals surface area (Å²) < 4.78 is 29.4. The first-order valence-electron chi connectivity index (χ1n) is 33.6. The van der Waals surface area contributed by atoms with Crippen molar-refractivity contribution in [1.29, 1.82) is 0 Å². The number of alkyl halides is 2. The number of likely N-dealkylation sites (N-methyl/N-ethyl adjacent to an activating group) is 7. The number of allylic oxidation sites excluding steroid dienone is 2. The molecule has 0 radical (unpaired) electrons. The number of amides is 8. The highest BCUT2D eigenvalue weighted by atomic mass is 19.3. The van der Waals surface area contributed by atoms with Crippen molar-refractivity contribution in [2.75, 3.05) is 69.0 Å². The molecule has 2 N–H and O–H groups in total. The molecule has 0 unspecified atom stereocenters. The van der Waals surface area contributed by atoms with Crippen LogP contribution in [-0.4, -0.2) is 238 Å². The number of nitrogens with one attached hydrogen (secondary N) is 1. The van der Waals surface area contributed by atoms with Gasteiger partial charge in [-0.05, 0) is 87.4 Å². The largest absolute Gasteiger partial charge is 0.390 e. The first kappa shape index (κ1) is 82.4. The Kier molecular flexibility index (Phi) is 32.5. The normalized spacial score (nSPS) is 28.8. The van der Waals surface area contributed by atoms with E-state index in [0.717, 1.165) is 9.80 Å². The standard InChI is InChI=1S/C69H119F2N9O12/c1-25-27-28-44(13)60(84)59-61(85)72-50(26-2)65(89)73(18)48(17)63(87)78(23)58(47(16)37-80-30-29-69(70,71)38-80)56(83)36-49(42(9)10)64(88)74(19)51(31-39(3)4)55(82)34-45(14)54(81)35-46(15)62(86)75(20)52(32-40(5)6)66(90)76(21)53(33-41(7)8)67(91)77(22)57(43(11)12)68(92)79(59)24/h25,27,39-53,57-60,84H,26,28-38H2,1-24H3,(H,72,85)/b27-25+/t44-,45-,46+,47-,48-,49+,50+,51+,52+,53+,57+,58+,59+,60-/m1/s1. The minimum absolute atomic E-state index is 0.0266. The summed E-state index contributed by atoms with van der Waals surface area (Å²) in [5.74, 6) is -15.6. The predicted molar refractivity (Wildman–Crippen MR) is 352 cm³/mol. The number of ketones is 3. The number of aliphatic hydroxyl groups excluding tert-OH is 1. The second-order valence-corrected chi connectivity index (χ2v) is 29.1. The van der Waals surface area contributed by atoms with Gasteiger partial charge in [0.15, 0.2) is 11.6 Å². The molecule has 21 nitrogen and oxygen atoms in total. The molecule has 8 amide bonds. The van der Waals surface area contributed by atoms with Crippen LogP contribution in [0.3, 0.4) is 0 Å². The summed E-state index contributed by atoms with van der Waals surface area (Å²) in [5.41, 5.74) is 0. The number of halogens is 2. The molecule has 0 saturated carbocycles. The third-order valence-electron chi connectivity index (χ3n) is 19.1. The van der Waals surface area contributed by atoms with Crippen molar-refractivity contribution in [2.45, 2.75) is 236 Å². The molecule has 526 valence electrons. The van der Waals surface area contributed by atoms with E-state index in [9.17, 15) is 47.4 Å². The zero-order chi connectivity index (χ0) is 71.0. The summed E-state index contributed by atoms with van der Waals surface area (Å²) in [6, 6.07) is -10.2. The van der Waals surface area contributed by atoms with Crippen molar-refractivity contribution in [2.24, 2.45) is 59.2 Å². The van der Waals surface area contributed by atoms with E-state index in [0.29, 0.717) is 0 Å². The van der Waals surface area contributed by atoms with Crippen LogP contribution in [0.25, 0.3) is 0 Å². The van der Waals surface area contributed by atoms with Gasteiger partial charge in [-0.25, -0.2) is 8.78 Å². The van der Waals surface area contributed by atoms with Crippen LogP contribution in [0.1, 0.15) is 175 Å². The molecule has 2 fully saturated rings. The van der Waals surface area contributed by atoms with Gasteiger partial charge in [0.25, 0.3) is 5.92 Å². The first-order chi connectivity index (χ1) is 42.4. The van der Waals surface area contributed by atoms with Crippen molar-refractivity contribution < 1.29 is 66.6 Å². The lowest BCUT2D eigenvalue weighted by Gasteiger charge is -2.41. The van der Waals surface area contributed by atoms with Crippen molar-refractivity contribution >= 4 is 64.6 Å². The van der Waals surface area contributed by atoms with Crippen molar-refractivity contribution in [1.82, 2.24) is 44.5 Å². The van der Waals surface area contributed by atoms with Crippen molar-refractivity contribution in [3.63, 3.8) is 0 Å². The minimum Gasteiger partial charge on any atom is -0.390 e. The summed E-state index contributed by atoms with van der Waals surface area (Å²) >= 11 is 0. The van der Waals surface area contributed by atoms with Gasteiger partial charge in [-0.1, -0.05) is 116 Å². The Hall–Kier alpha value is -5.71. The van der Waals surface area contributed by atoms with Gasteiger partial charge in [-0.15, -0.1) is 0 Å². The number of nitrogens with zero attached hydrogens (tertiary/aromatic N) is 8. The predicted octanol–water partition coefficient (Wildman–Crippen LogP) is 6.86. The smallest absolute Gasteiger partial charge is 0.261 e. The summed E-state index contributed by atoms with van der Waals surface area (Å²) in [4.78, 5) is 174. The SMILES string of the molecule is C/C=C/C[C@@H](C)[C@@H](O)[C@H]1C(=O)N[C@@H](CC)C(=O)N(C)[C@H](C)C(=O)N(C)[C@@H]([C@H](C)CN2CCC(F)(F)C2)C(=O)C[C@@H](C(C)C)C(=O)N(C)[C@@H](CC(C)C)C(=O)C[C@@H](C)C(=O)C[C@H](C)C(=O)N(C)[C@@H](CC(C)C)C(=O)N(C)[C@@H](CC(C)C)C(=O)N(C)[C@@H](C(C)C)C(=O)N1C. The number of Topliss-reactive ketones (excluding diaryl/α,β-unsaturated/α-hetero) is 3. The zero-order valence-electron chi connectivity index (χ0n) is 60.4. The third-order valence-corrected chi connectivity index (χ3v) is 19.1. The van der Waals surface area contributed by atoms with Gasteiger partial charge < -0.3 is 44.7 Å². The van der Waals surface area contributed by atoms with Gasteiger partial charge in [0, 0.05) is 106 Å². The Morgan fingerprint density at radius 3 is 1.47 bits per heavy atom. The molecular formula is C69H119F2N9O12. The maximum atomic E-state index is 15.3. The Balaban J connectivity index is 3.05. The average molecular weight is 1300 g/mol. The average Bonchev–Trinajstić information content (AvgIpc) is 0.913. The van der Waals surface area contributed by atoms with Crippen LogP contribution in [0.2, 0.25) is 0 Å². The number of hydrogen-bond donors (Lipinski definition) is 2. The van der Waals surface area contributed by atoms with E-state index in [4.69, 9.17) is 0 Å². The van der Waals surface area contributed by atoms with Crippen molar-refractivity contribution in [3.05, 3.63) is 12.2 Å². The van der Waals surface area contributed by atoms with Gasteiger partial charge >= 0.3 is 0 Å². The lowest BCUT2D eigenvalue weighted by molar-refractivity contribution is -0.157. The molecule has 0 spiro atoms. The quantitative estimate of drug-likeness (QED) is 0.150. The van der Waals surface area contributed by atoms with Gasteiger partial charge in [-0.2, -0.15) is 0 Å². The van der Waals surface area contributed by atoms with Crippen LogP contribution in [-0.2, 0) is 52.7 Å². The lowest BCUT2D eigenvalue weighted by atomic mass is 9.83. The number of aliphatic hydroxyl groups is 1. The fourth-order valence-electron chi connectivity index (χ4n) is 13.1. The number of likely N-dealkylation sites (tertiary alicyclic amines) is 1. The maximum absolute atomic E-state index is 15.3. The van der Waals surface area contributed by atoms with Crippen LogP contribution >= 0.6 is 0 Å². The molecular weight excluding hydrogens is 1180 g/mol. The summed E-state index contributed by atoms with van der Waals surface area (Å²) in [7, 11) is 9.94. The molecule has 2 heterocycles. The molecule has 0 aliphatic carbocycles. The molecule has 23 heteroatoms. The number of hydrogen-bond acceptors (Lipinski definition) is 13. The van der Waals surface area contributed by atoms with Gasteiger partial charge in [0.1, 0.15) is 42.0 Å². The fourth-order valence-corrected chi connectivity index (χ4v) is 13.1. The topological polar surface area (TPSA) is 246 Å². The molecule has 92 heavy (non-hydrogen) atoms. The van der Waals surface area contributed by atoms with E-state index < -0.39 is 186 Å². The summed E-state index contributed by atoms with van der Waals surface area (Å²) in [6.07, 6.45) is 1.40. The highest BCUT2D eigenvalue weighted by molar-refractivity contribution is 6.00. The zero-order valence-corrected chi connectivity index (χ0v) is 60.4. The van der Waals surface area contributed by atoms with Crippen molar-refractivity contribution in [3.8, 4) is 0 Å². The second-order valence-electron chi connectivity index (χ2n) is 29.1. The Morgan fingerprint density at radius 2 is 1.00 bits per heavy atom. The summed E-state index contributed by atoms with van der Waals surface area (Å²) in [6.45, 7) is 29.0. The molecule has 0 aromatic carbocycles. The van der Waals surface area contributed by atoms with Gasteiger partial charge in [0.05, 0.1) is 24.7 Å². The number of carbonyl (C=O) groups is 11. The number of carbonyl (C=O) groups excluding carboxylic acids is 11. The van der Waals surface area contributed by atoms with Crippen LogP contribution in [0, 0.1) is 59.2 Å². The maximum Gasteiger partial charge on any atom is 0.261 e. The molecule has 0 aromatic rings. The Labute approximate surface area is 549 Å². The van der Waals surface area contributed by atoms with E-state index in [1.165, 1.54) is 85.7 Å². The first-order valence-corrected chi connectivity index (χ1v) is 33.6.